The average molecular weight is 477 g/mol. The number of nitrogens with one attached hydrogen (secondary N) is 2. The molecular formula is C19H32IN3O3. The Morgan fingerprint density at radius 3 is 2.85 bits per heavy atom. The first-order valence-electron chi connectivity index (χ1n) is 9.34. The molecule has 0 aromatic carbocycles. The van der Waals surface area contributed by atoms with Crippen molar-refractivity contribution >= 4 is 29.9 Å². The number of aryl methyl sites for hydroxylation is 1. The highest BCUT2D eigenvalue weighted by molar-refractivity contribution is 14.0. The lowest BCUT2D eigenvalue weighted by Gasteiger charge is -2.60. The average Bonchev–Trinajstić information content (AvgIpc) is 3.03. The van der Waals surface area contributed by atoms with Gasteiger partial charge in [0.2, 0.25) is 0 Å². The number of furan rings is 1. The quantitative estimate of drug-likeness (QED) is 0.345. The summed E-state index contributed by atoms with van der Waals surface area (Å²) >= 11 is 0. The van der Waals surface area contributed by atoms with Gasteiger partial charge < -0.3 is 24.9 Å². The van der Waals surface area contributed by atoms with Crippen LogP contribution in [0.25, 0.3) is 0 Å². The van der Waals surface area contributed by atoms with E-state index in [1.165, 1.54) is 6.42 Å². The topological polar surface area (TPSA) is 79.0 Å². The largest absolute Gasteiger partial charge is 0.464 e. The number of halogens is 1. The summed E-state index contributed by atoms with van der Waals surface area (Å²) in [6, 6.07) is 3.99. The summed E-state index contributed by atoms with van der Waals surface area (Å²) in [5, 5.41) is 17.1. The second-order valence-electron chi connectivity index (χ2n) is 7.72. The van der Waals surface area contributed by atoms with Crippen LogP contribution in [0, 0.1) is 18.3 Å². The fourth-order valence-electron chi connectivity index (χ4n) is 4.18. The van der Waals surface area contributed by atoms with Crippen LogP contribution in [0.3, 0.4) is 0 Å². The number of aliphatic imine (C=N–C) groups is 1. The molecule has 3 rings (SSSR count). The van der Waals surface area contributed by atoms with Crippen molar-refractivity contribution in [3.05, 3.63) is 23.7 Å². The number of guanidine groups is 1. The van der Waals surface area contributed by atoms with E-state index in [-0.39, 0.29) is 35.9 Å². The number of hydrogen-bond donors (Lipinski definition) is 3. The predicted molar refractivity (Wildman–Crippen MR) is 113 cm³/mol. The van der Waals surface area contributed by atoms with Crippen molar-refractivity contribution in [1.29, 1.82) is 0 Å². The third kappa shape index (κ3) is 4.36. The van der Waals surface area contributed by atoms with Crippen LogP contribution in [0.4, 0.5) is 0 Å². The van der Waals surface area contributed by atoms with E-state index in [4.69, 9.17) is 9.15 Å². The van der Waals surface area contributed by atoms with E-state index in [1.807, 2.05) is 19.9 Å². The molecule has 4 unspecified atom stereocenters. The lowest BCUT2D eigenvalue weighted by Crippen LogP contribution is -2.71. The van der Waals surface area contributed by atoms with E-state index in [1.54, 1.807) is 6.07 Å². The highest BCUT2D eigenvalue weighted by Gasteiger charge is 2.58. The lowest BCUT2D eigenvalue weighted by atomic mass is 9.55. The van der Waals surface area contributed by atoms with E-state index in [2.05, 4.69) is 29.5 Å². The Labute approximate surface area is 173 Å². The zero-order valence-corrected chi connectivity index (χ0v) is 18.4. The van der Waals surface area contributed by atoms with Crippen LogP contribution in [0.15, 0.2) is 21.5 Å². The Balaban J connectivity index is 0.00000243. The van der Waals surface area contributed by atoms with Gasteiger partial charge in [0.05, 0.1) is 12.6 Å². The first kappa shape index (κ1) is 21.5. The van der Waals surface area contributed by atoms with E-state index < -0.39 is 6.10 Å². The molecule has 6 nitrogen and oxygen atoms in total. The molecule has 1 aromatic rings. The molecule has 1 aliphatic carbocycles. The number of fused-ring (bicyclic) bond motifs is 1. The Hall–Kier alpha value is -0.800. The molecule has 0 bridgehead atoms. The van der Waals surface area contributed by atoms with E-state index in [0.717, 1.165) is 31.3 Å². The van der Waals surface area contributed by atoms with Crippen molar-refractivity contribution in [2.75, 3.05) is 19.7 Å². The molecule has 3 N–H and O–H groups in total. The molecule has 26 heavy (non-hydrogen) atoms. The molecule has 148 valence electrons. The summed E-state index contributed by atoms with van der Waals surface area (Å²) < 4.78 is 11.4. The molecular weight excluding hydrogens is 445 g/mol. The number of nitrogens with zero attached hydrogens (tertiary/aromatic N) is 1. The number of aliphatic hydroxyl groups excluding tert-OH is 1. The van der Waals surface area contributed by atoms with Crippen LogP contribution in [0.5, 0.6) is 0 Å². The van der Waals surface area contributed by atoms with E-state index in [9.17, 15) is 5.11 Å². The van der Waals surface area contributed by atoms with Crippen molar-refractivity contribution in [3.63, 3.8) is 0 Å². The molecule has 1 aromatic heterocycles. The maximum absolute atomic E-state index is 10.3. The van der Waals surface area contributed by atoms with Crippen LogP contribution in [0.1, 0.15) is 51.2 Å². The third-order valence-electron chi connectivity index (χ3n) is 5.48. The normalized spacial score (nSPS) is 28.3. The highest BCUT2D eigenvalue weighted by atomic mass is 127. The first-order chi connectivity index (χ1) is 11.9. The Bertz CT molecular complexity index is 617. The van der Waals surface area contributed by atoms with E-state index >= 15 is 0 Å². The molecule has 1 saturated carbocycles. The van der Waals surface area contributed by atoms with Gasteiger partial charge in [-0.2, -0.15) is 0 Å². The standard InChI is InChI=1S/C19H31N3O3.HI/c1-5-20-18(21-11-14(23)15-9-8-12(2)25-15)22-16-13-7-6-10-24-17(13)19(16,3)4;/h8-9,13-14,16-17,23H,5-7,10-11H2,1-4H3,(H2,20,21,22);1H. The minimum atomic E-state index is -0.732. The Morgan fingerprint density at radius 2 is 2.19 bits per heavy atom. The molecule has 0 spiro atoms. The molecule has 2 fully saturated rings. The molecule has 7 heteroatoms. The minimum Gasteiger partial charge on any atom is -0.464 e. The summed E-state index contributed by atoms with van der Waals surface area (Å²) in [6.45, 7) is 10.3. The van der Waals surface area contributed by atoms with E-state index in [0.29, 0.717) is 23.8 Å². The number of hydrogen-bond acceptors (Lipinski definition) is 4. The molecule has 1 saturated heterocycles. The number of ether oxygens (including phenoxy) is 1. The van der Waals surface area contributed by atoms with Gasteiger partial charge >= 0.3 is 0 Å². The Morgan fingerprint density at radius 1 is 1.42 bits per heavy atom. The fraction of sp³-hybridized carbons (Fsp3) is 0.737. The third-order valence-corrected chi connectivity index (χ3v) is 5.48. The van der Waals surface area contributed by atoms with Gasteiger partial charge in [-0.1, -0.05) is 13.8 Å². The summed E-state index contributed by atoms with van der Waals surface area (Å²) in [5.41, 5.74) is 0.0814. The van der Waals surface area contributed by atoms with Crippen molar-refractivity contribution in [2.24, 2.45) is 16.3 Å². The smallest absolute Gasteiger partial charge is 0.191 e. The van der Waals surface area contributed by atoms with Gasteiger partial charge in [-0.25, -0.2) is 0 Å². The van der Waals surface area contributed by atoms with Gasteiger partial charge in [0.15, 0.2) is 5.96 Å². The molecule has 0 radical (unpaired) electrons. The van der Waals surface area contributed by atoms with Crippen LogP contribution in [0.2, 0.25) is 0 Å². The monoisotopic (exact) mass is 477 g/mol. The van der Waals surface area contributed by atoms with Gasteiger partial charge in [-0.05, 0) is 38.8 Å². The second kappa shape index (κ2) is 8.93. The summed E-state index contributed by atoms with van der Waals surface area (Å²) in [7, 11) is 0. The first-order valence-corrected chi connectivity index (χ1v) is 9.34. The summed E-state index contributed by atoms with van der Waals surface area (Å²) in [4.78, 5) is 4.57. The van der Waals surface area contributed by atoms with Gasteiger partial charge in [0.1, 0.15) is 17.6 Å². The summed E-state index contributed by atoms with van der Waals surface area (Å²) in [6.07, 6.45) is 1.92. The highest BCUT2D eigenvalue weighted by Crippen LogP contribution is 2.51. The second-order valence-corrected chi connectivity index (χ2v) is 7.72. The predicted octanol–water partition coefficient (Wildman–Crippen LogP) is 3.00. The Kier molecular flexibility index (Phi) is 7.38. The van der Waals surface area contributed by atoms with Crippen molar-refractivity contribution < 1.29 is 14.3 Å². The van der Waals surface area contributed by atoms with Crippen LogP contribution >= 0.6 is 24.0 Å². The lowest BCUT2D eigenvalue weighted by molar-refractivity contribution is -0.188. The number of aliphatic hydroxyl groups is 1. The molecule has 0 amide bonds. The van der Waals surface area contributed by atoms with Crippen LogP contribution in [-0.2, 0) is 4.74 Å². The van der Waals surface area contributed by atoms with Gasteiger partial charge in [-0.3, -0.25) is 4.99 Å². The molecule has 2 heterocycles. The van der Waals surface area contributed by atoms with Crippen molar-refractivity contribution in [1.82, 2.24) is 10.6 Å². The fourth-order valence-corrected chi connectivity index (χ4v) is 4.18. The zero-order valence-electron chi connectivity index (χ0n) is 16.1. The minimum absolute atomic E-state index is 0. The van der Waals surface area contributed by atoms with Gasteiger partial charge in [0.25, 0.3) is 0 Å². The number of rotatable bonds is 5. The van der Waals surface area contributed by atoms with Gasteiger partial charge in [0, 0.05) is 30.5 Å². The maximum atomic E-state index is 10.3. The zero-order chi connectivity index (χ0) is 18.0. The molecule has 2 aliphatic rings. The maximum Gasteiger partial charge on any atom is 0.191 e. The van der Waals surface area contributed by atoms with Gasteiger partial charge in [-0.15, -0.1) is 24.0 Å². The summed E-state index contributed by atoms with van der Waals surface area (Å²) in [5.74, 6) is 2.63. The van der Waals surface area contributed by atoms with Crippen LogP contribution < -0.4 is 10.6 Å². The molecule has 4 atom stereocenters. The van der Waals surface area contributed by atoms with Crippen molar-refractivity contribution in [3.8, 4) is 0 Å². The SMILES string of the molecule is CCNC(=NCC(O)c1ccc(C)o1)NC1C2CCCOC2C1(C)C.I. The van der Waals surface area contributed by atoms with Crippen LogP contribution in [-0.4, -0.2) is 42.9 Å². The molecule has 1 aliphatic heterocycles. The van der Waals surface area contributed by atoms with Crippen molar-refractivity contribution in [2.45, 2.75) is 58.8 Å².